The van der Waals surface area contributed by atoms with Crippen LogP contribution in [0.25, 0.3) is 0 Å². The van der Waals surface area contributed by atoms with Gasteiger partial charge in [-0.25, -0.2) is 0 Å². The molecule has 1 aliphatic rings. The van der Waals surface area contributed by atoms with Gasteiger partial charge in [-0.1, -0.05) is 42.7 Å². The van der Waals surface area contributed by atoms with Crippen molar-refractivity contribution in [1.82, 2.24) is 15.0 Å². The van der Waals surface area contributed by atoms with Crippen molar-refractivity contribution < 1.29 is 9.32 Å². The van der Waals surface area contributed by atoms with Gasteiger partial charge in [0.1, 0.15) is 0 Å². The molecule has 0 radical (unpaired) electrons. The summed E-state index contributed by atoms with van der Waals surface area (Å²) in [5, 5.41) is 4.91. The van der Waals surface area contributed by atoms with Crippen molar-refractivity contribution in [2.75, 3.05) is 13.1 Å². The summed E-state index contributed by atoms with van der Waals surface area (Å²) in [7, 11) is 0. The number of amides is 1. The molecule has 0 unspecified atom stereocenters. The van der Waals surface area contributed by atoms with Gasteiger partial charge in [0, 0.05) is 30.5 Å². The van der Waals surface area contributed by atoms with Crippen molar-refractivity contribution in [2.45, 2.75) is 44.9 Å². The maximum absolute atomic E-state index is 11.8. The molecule has 128 valence electrons. The lowest BCUT2D eigenvalue weighted by Crippen LogP contribution is -2.27. The Bertz CT molecular complexity index is 699. The molecule has 1 amide bonds. The highest BCUT2D eigenvalue weighted by atomic mass is 35.5. The van der Waals surface area contributed by atoms with E-state index in [1.165, 1.54) is 0 Å². The van der Waals surface area contributed by atoms with Gasteiger partial charge in [-0.3, -0.25) is 4.79 Å². The molecular formula is C18H22ClN3O2. The van der Waals surface area contributed by atoms with Gasteiger partial charge >= 0.3 is 0 Å². The second-order valence-corrected chi connectivity index (χ2v) is 6.62. The van der Waals surface area contributed by atoms with Crippen molar-refractivity contribution in [2.24, 2.45) is 0 Å². The van der Waals surface area contributed by atoms with Gasteiger partial charge in [0.05, 0.1) is 5.92 Å². The van der Waals surface area contributed by atoms with Crippen LogP contribution in [-0.2, 0) is 4.79 Å². The molecule has 0 spiro atoms. The number of likely N-dealkylation sites (tertiary alicyclic amines) is 1. The Kier molecular flexibility index (Phi) is 5.19. The van der Waals surface area contributed by atoms with Crippen molar-refractivity contribution in [3.8, 4) is 0 Å². The molecule has 2 atom stereocenters. The highest BCUT2D eigenvalue weighted by Gasteiger charge is 2.31. The van der Waals surface area contributed by atoms with Crippen LogP contribution in [0, 0.1) is 0 Å². The number of nitrogens with zero attached hydrogens (tertiary/aromatic N) is 3. The summed E-state index contributed by atoms with van der Waals surface area (Å²) in [6.07, 6.45) is 2.30. The highest BCUT2D eigenvalue weighted by Crippen LogP contribution is 2.30. The van der Waals surface area contributed by atoms with E-state index in [2.05, 4.69) is 17.1 Å². The zero-order valence-electron chi connectivity index (χ0n) is 14.0. The van der Waals surface area contributed by atoms with E-state index in [1.54, 1.807) is 0 Å². The molecule has 6 heteroatoms. The molecule has 24 heavy (non-hydrogen) atoms. The molecule has 0 N–H and O–H groups in total. The minimum absolute atomic E-state index is 0.0922. The third kappa shape index (κ3) is 3.46. The lowest BCUT2D eigenvalue weighted by Gasteiger charge is -2.14. The van der Waals surface area contributed by atoms with Crippen LogP contribution in [0.3, 0.4) is 0 Å². The van der Waals surface area contributed by atoms with E-state index >= 15 is 0 Å². The SMILES string of the molecule is CCC(=O)N1CC[C@@H](c2nc([C@@H](CC)c3ccc(Cl)cc3)no2)C1. The van der Waals surface area contributed by atoms with Crippen molar-refractivity contribution in [1.29, 1.82) is 0 Å². The van der Waals surface area contributed by atoms with Gasteiger partial charge in [-0.05, 0) is 30.5 Å². The number of carbonyl (C=O) groups excluding carboxylic acids is 1. The Labute approximate surface area is 147 Å². The number of halogens is 1. The van der Waals surface area contributed by atoms with Crippen molar-refractivity contribution in [3.05, 3.63) is 46.6 Å². The van der Waals surface area contributed by atoms with Gasteiger partial charge in [0.25, 0.3) is 0 Å². The first-order valence-corrected chi connectivity index (χ1v) is 8.86. The Hall–Kier alpha value is -1.88. The zero-order valence-corrected chi connectivity index (χ0v) is 14.8. The topological polar surface area (TPSA) is 59.2 Å². The van der Waals surface area contributed by atoms with Gasteiger partial charge in [0.15, 0.2) is 5.82 Å². The van der Waals surface area contributed by atoms with E-state index in [-0.39, 0.29) is 17.7 Å². The largest absolute Gasteiger partial charge is 0.342 e. The Morgan fingerprint density at radius 3 is 2.79 bits per heavy atom. The number of hydrogen-bond donors (Lipinski definition) is 0. The number of aromatic nitrogens is 2. The van der Waals surface area contributed by atoms with E-state index in [9.17, 15) is 4.79 Å². The normalized spacial score (nSPS) is 18.8. The smallest absolute Gasteiger partial charge is 0.231 e. The zero-order chi connectivity index (χ0) is 17.1. The van der Waals surface area contributed by atoms with Crippen molar-refractivity contribution >= 4 is 17.5 Å². The van der Waals surface area contributed by atoms with Gasteiger partial charge in [0.2, 0.25) is 11.8 Å². The third-order valence-electron chi connectivity index (χ3n) is 4.64. The first kappa shape index (κ1) is 17.0. The number of benzene rings is 1. The van der Waals surface area contributed by atoms with Gasteiger partial charge in [-0.2, -0.15) is 4.98 Å². The van der Waals surface area contributed by atoms with Crippen LogP contribution in [-0.4, -0.2) is 34.0 Å². The van der Waals surface area contributed by atoms with E-state index in [0.29, 0.717) is 29.7 Å². The second kappa shape index (κ2) is 7.34. The standard InChI is InChI=1S/C18H22ClN3O2/c1-3-15(12-5-7-14(19)8-6-12)17-20-18(24-21-17)13-9-10-22(11-13)16(23)4-2/h5-8,13,15H,3-4,9-11H2,1-2H3/t13-,15+/m1/s1. The fourth-order valence-electron chi connectivity index (χ4n) is 3.23. The Morgan fingerprint density at radius 1 is 1.38 bits per heavy atom. The molecular weight excluding hydrogens is 326 g/mol. The molecule has 2 aromatic rings. The van der Waals surface area contributed by atoms with Crippen LogP contribution < -0.4 is 0 Å². The van der Waals surface area contributed by atoms with Gasteiger partial charge < -0.3 is 9.42 Å². The van der Waals surface area contributed by atoms with Crippen LogP contribution in [0.2, 0.25) is 5.02 Å². The lowest BCUT2D eigenvalue weighted by atomic mass is 9.96. The molecule has 3 rings (SSSR count). The van der Waals surface area contributed by atoms with Crippen LogP contribution >= 0.6 is 11.6 Å². The van der Waals surface area contributed by atoms with E-state index in [1.807, 2.05) is 36.1 Å². The van der Waals surface area contributed by atoms with Crippen LogP contribution in [0.15, 0.2) is 28.8 Å². The summed E-state index contributed by atoms with van der Waals surface area (Å²) in [6.45, 7) is 5.43. The maximum Gasteiger partial charge on any atom is 0.231 e. The third-order valence-corrected chi connectivity index (χ3v) is 4.89. The Balaban J connectivity index is 1.75. The summed E-state index contributed by atoms with van der Waals surface area (Å²) >= 11 is 5.96. The molecule has 1 saturated heterocycles. The molecule has 1 aromatic carbocycles. The molecule has 1 aliphatic heterocycles. The van der Waals surface area contributed by atoms with E-state index in [0.717, 1.165) is 24.9 Å². The van der Waals surface area contributed by atoms with Crippen LogP contribution in [0.5, 0.6) is 0 Å². The minimum Gasteiger partial charge on any atom is -0.342 e. The molecule has 0 aliphatic carbocycles. The number of rotatable bonds is 5. The molecule has 1 aromatic heterocycles. The lowest BCUT2D eigenvalue weighted by molar-refractivity contribution is -0.129. The van der Waals surface area contributed by atoms with Gasteiger partial charge in [-0.15, -0.1) is 0 Å². The van der Waals surface area contributed by atoms with E-state index in [4.69, 9.17) is 16.1 Å². The predicted octanol–water partition coefficient (Wildman–Crippen LogP) is 3.99. The summed E-state index contributed by atoms with van der Waals surface area (Å²) in [5.74, 6) is 1.77. The maximum atomic E-state index is 11.8. The molecule has 2 heterocycles. The second-order valence-electron chi connectivity index (χ2n) is 6.18. The first-order chi connectivity index (χ1) is 11.6. The van der Waals surface area contributed by atoms with Crippen LogP contribution in [0.1, 0.15) is 62.2 Å². The summed E-state index contributed by atoms with van der Waals surface area (Å²) in [5.41, 5.74) is 1.13. The summed E-state index contributed by atoms with van der Waals surface area (Å²) in [6, 6.07) is 7.77. The van der Waals surface area contributed by atoms with E-state index < -0.39 is 0 Å². The Morgan fingerprint density at radius 2 is 2.12 bits per heavy atom. The minimum atomic E-state index is 0.0922. The average Bonchev–Trinajstić information content (AvgIpc) is 3.26. The summed E-state index contributed by atoms with van der Waals surface area (Å²) in [4.78, 5) is 18.3. The fourth-order valence-corrected chi connectivity index (χ4v) is 3.36. The molecule has 5 nitrogen and oxygen atoms in total. The average molecular weight is 348 g/mol. The van der Waals surface area contributed by atoms with Crippen molar-refractivity contribution in [3.63, 3.8) is 0 Å². The molecule has 1 fully saturated rings. The van der Waals surface area contributed by atoms with Crippen LogP contribution in [0.4, 0.5) is 0 Å². The number of carbonyl (C=O) groups is 1. The molecule has 0 bridgehead atoms. The highest BCUT2D eigenvalue weighted by molar-refractivity contribution is 6.30. The number of hydrogen-bond acceptors (Lipinski definition) is 4. The monoisotopic (exact) mass is 347 g/mol. The fraction of sp³-hybridized carbons (Fsp3) is 0.500. The first-order valence-electron chi connectivity index (χ1n) is 8.49. The predicted molar refractivity (Wildman–Crippen MR) is 92.1 cm³/mol. The summed E-state index contributed by atoms with van der Waals surface area (Å²) < 4.78 is 5.51. The molecule has 0 saturated carbocycles. The quantitative estimate of drug-likeness (QED) is 0.820.